The zero-order chi connectivity index (χ0) is 19.0. The maximum Gasteiger partial charge on any atom is 0.0345 e. The van der Waals surface area contributed by atoms with Gasteiger partial charge in [0.1, 0.15) is 0 Å². The van der Waals surface area contributed by atoms with Gasteiger partial charge in [-0.25, -0.2) is 0 Å². The van der Waals surface area contributed by atoms with E-state index in [0.29, 0.717) is 0 Å². The minimum atomic E-state index is -0.121. The monoisotopic (exact) mass is 378 g/mol. The maximum atomic E-state index is 6.69. The number of hydrogen-bond acceptors (Lipinski definition) is 3. The van der Waals surface area contributed by atoms with E-state index >= 15 is 0 Å². The molecule has 0 radical (unpaired) electrons. The van der Waals surface area contributed by atoms with Crippen LogP contribution in [0.2, 0.25) is 0 Å². The molecule has 3 aromatic rings. The molecular weight excluding hydrogens is 348 g/mol. The Hall–Kier alpha value is -1.68. The highest BCUT2D eigenvalue weighted by Gasteiger charge is 2.24. The lowest BCUT2D eigenvalue weighted by Crippen LogP contribution is -2.39. The van der Waals surface area contributed by atoms with Crippen LogP contribution in [-0.4, -0.2) is 17.0 Å². The van der Waals surface area contributed by atoms with Gasteiger partial charge in [0, 0.05) is 29.9 Å². The van der Waals surface area contributed by atoms with Crippen molar-refractivity contribution in [2.24, 2.45) is 5.73 Å². The second-order valence-corrected chi connectivity index (χ2v) is 9.49. The van der Waals surface area contributed by atoms with Gasteiger partial charge in [-0.3, -0.25) is 4.90 Å². The Bertz CT molecular complexity index is 923. The third-order valence-corrected chi connectivity index (χ3v) is 7.14. The van der Waals surface area contributed by atoms with Crippen molar-refractivity contribution in [2.45, 2.75) is 58.7 Å². The molecule has 0 spiro atoms. The van der Waals surface area contributed by atoms with E-state index < -0.39 is 0 Å². The molecule has 0 amide bonds. The van der Waals surface area contributed by atoms with Crippen molar-refractivity contribution >= 4 is 21.4 Å². The first-order valence-electron chi connectivity index (χ1n) is 9.97. The Kier molecular flexibility index (Phi) is 5.11. The number of aryl methyl sites for hydroxylation is 3. The molecule has 1 aliphatic heterocycles. The first-order valence-corrected chi connectivity index (χ1v) is 10.8. The molecule has 0 bridgehead atoms. The normalized spacial score (nSPS) is 16.6. The number of hydrogen-bond donors (Lipinski definition) is 1. The number of rotatable bonds is 6. The fourth-order valence-electron chi connectivity index (χ4n) is 4.11. The summed E-state index contributed by atoms with van der Waals surface area (Å²) in [5.74, 6) is 0. The van der Waals surface area contributed by atoms with Gasteiger partial charge in [0.15, 0.2) is 0 Å². The second-order valence-electron chi connectivity index (χ2n) is 8.58. The lowest BCUT2D eigenvalue weighted by Gasteiger charge is -2.27. The van der Waals surface area contributed by atoms with Gasteiger partial charge in [0.05, 0.1) is 0 Å². The summed E-state index contributed by atoms with van der Waals surface area (Å²) in [6.07, 6.45) is 3.14. The van der Waals surface area contributed by atoms with Gasteiger partial charge in [-0.2, -0.15) is 0 Å². The molecule has 0 saturated carbocycles. The van der Waals surface area contributed by atoms with E-state index in [0.717, 1.165) is 38.9 Å². The molecule has 2 N–H and O–H groups in total. The summed E-state index contributed by atoms with van der Waals surface area (Å²) in [4.78, 5) is 2.55. The summed E-state index contributed by atoms with van der Waals surface area (Å²) >= 11 is 1.84. The van der Waals surface area contributed by atoms with E-state index in [-0.39, 0.29) is 5.54 Å². The third-order valence-electron chi connectivity index (χ3n) is 6.13. The van der Waals surface area contributed by atoms with E-state index in [9.17, 15) is 0 Å². The van der Waals surface area contributed by atoms with Crippen molar-refractivity contribution in [3.05, 3.63) is 69.6 Å². The number of nitrogens with zero attached hydrogens (tertiary/aromatic N) is 1. The molecule has 2 heterocycles. The summed E-state index contributed by atoms with van der Waals surface area (Å²) in [5, 5.41) is 3.71. The van der Waals surface area contributed by atoms with Gasteiger partial charge < -0.3 is 5.73 Å². The molecule has 27 heavy (non-hydrogen) atoms. The number of thiophene rings is 1. The molecule has 2 nitrogen and oxygen atoms in total. The number of fused-ring (bicyclic) bond motifs is 2. The van der Waals surface area contributed by atoms with Crippen LogP contribution in [0.15, 0.2) is 41.8 Å². The van der Waals surface area contributed by atoms with Crippen LogP contribution in [0.5, 0.6) is 0 Å². The van der Waals surface area contributed by atoms with Crippen LogP contribution in [-0.2, 0) is 19.5 Å². The average Bonchev–Trinajstić information content (AvgIpc) is 3.22. The molecular formula is C24H30N2S. The van der Waals surface area contributed by atoms with Crippen LogP contribution < -0.4 is 5.73 Å². The Morgan fingerprint density at radius 2 is 1.70 bits per heavy atom. The summed E-state index contributed by atoms with van der Waals surface area (Å²) < 4.78 is 1.38. The summed E-state index contributed by atoms with van der Waals surface area (Å²) in [6, 6.07) is 13.4. The maximum absolute atomic E-state index is 6.69. The lowest BCUT2D eigenvalue weighted by atomic mass is 9.91. The molecule has 1 atom stereocenters. The van der Waals surface area contributed by atoms with Gasteiger partial charge in [-0.1, -0.05) is 30.3 Å². The van der Waals surface area contributed by atoms with Crippen LogP contribution in [0.1, 0.15) is 47.6 Å². The third kappa shape index (κ3) is 4.11. The highest BCUT2D eigenvalue weighted by Crippen LogP contribution is 2.29. The SMILES string of the molecule is Cc1cc2c(cc1C)CN(CCC(C)(N)CCc1csc3ccccc13)C2. The summed E-state index contributed by atoms with van der Waals surface area (Å²) in [5.41, 5.74) is 13.8. The standard InChI is InChI=1S/C24H30N2S/c1-17-12-20-14-26(15-21(20)13-18(17)2)11-10-24(3,25)9-8-19-16-27-23-7-5-4-6-22(19)23/h4-7,12-13,16H,8-11,14-15,25H2,1-3H3. The minimum Gasteiger partial charge on any atom is -0.325 e. The van der Waals surface area contributed by atoms with Crippen molar-refractivity contribution in [2.75, 3.05) is 6.54 Å². The molecule has 1 aromatic heterocycles. The topological polar surface area (TPSA) is 29.3 Å². The van der Waals surface area contributed by atoms with Gasteiger partial charge in [0.2, 0.25) is 0 Å². The van der Waals surface area contributed by atoms with Crippen LogP contribution in [0, 0.1) is 13.8 Å². The quantitative estimate of drug-likeness (QED) is 0.607. The van der Waals surface area contributed by atoms with Crippen LogP contribution >= 0.6 is 11.3 Å². The zero-order valence-corrected chi connectivity index (χ0v) is 17.5. The number of benzene rings is 2. The van der Waals surface area contributed by atoms with Crippen molar-refractivity contribution < 1.29 is 0 Å². The smallest absolute Gasteiger partial charge is 0.0345 e. The van der Waals surface area contributed by atoms with Gasteiger partial charge in [-0.05, 0) is 84.7 Å². The molecule has 1 unspecified atom stereocenters. The Balaban J connectivity index is 1.33. The number of nitrogens with two attached hydrogens (primary N) is 1. The van der Waals surface area contributed by atoms with Crippen molar-refractivity contribution in [3.63, 3.8) is 0 Å². The minimum absolute atomic E-state index is 0.121. The van der Waals surface area contributed by atoms with Crippen molar-refractivity contribution in [1.29, 1.82) is 0 Å². The first-order chi connectivity index (χ1) is 12.9. The van der Waals surface area contributed by atoms with Gasteiger partial charge >= 0.3 is 0 Å². The fraction of sp³-hybridized carbons (Fsp3) is 0.417. The largest absolute Gasteiger partial charge is 0.325 e. The Labute approximate surface area is 167 Å². The van der Waals surface area contributed by atoms with E-state index in [1.165, 1.54) is 37.9 Å². The first kappa shape index (κ1) is 18.7. The Morgan fingerprint density at radius 1 is 1.04 bits per heavy atom. The molecule has 142 valence electrons. The summed E-state index contributed by atoms with van der Waals surface area (Å²) in [7, 11) is 0. The molecule has 0 saturated heterocycles. The molecule has 1 aliphatic rings. The van der Waals surface area contributed by atoms with Gasteiger partial charge in [-0.15, -0.1) is 11.3 Å². The lowest BCUT2D eigenvalue weighted by molar-refractivity contribution is 0.244. The molecule has 2 aromatic carbocycles. The molecule has 4 rings (SSSR count). The predicted molar refractivity (Wildman–Crippen MR) is 117 cm³/mol. The fourth-order valence-corrected chi connectivity index (χ4v) is 5.11. The van der Waals surface area contributed by atoms with Crippen molar-refractivity contribution in [3.8, 4) is 0 Å². The molecule has 3 heteroatoms. The molecule has 0 fully saturated rings. The van der Waals surface area contributed by atoms with E-state index in [1.807, 2.05) is 11.3 Å². The van der Waals surface area contributed by atoms with Crippen LogP contribution in [0.4, 0.5) is 0 Å². The predicted octanol–water partition coefficient (Wildman–Crippen LogP) is 5.57. The van der Waals surface area contributed by atoms with Crippen molar-refractivity contribution in [1.82, 2.24) is 4.90 Å². The van der Waals surface area contributed by atoms with E-state index in [4.69, 9.17) is 5.73 Å². The Morgan fingerprint density at radius 3 is 2.41 bits per heavy atom. The summed E-state index contributed by atoms with van der Waals surface area (Å²) in [6.45, 7) is 9.86. The zero-order valence-electron chi connectivity index (χ0n) is 16.7. The highest BCUT2D eigenvalue weighted by atomic mass is 32.1. The highest BCUT2D eigenvalue weighted by molar-refractivity contribution is 7.17. The van der Waals surface area contributed by atoms with E-state index in [1.54, 1.807) is 0 Å². The van der Waals surface area contributed by atoms with Crippen LogP contribution in [0.25, 0.3) is 10.1 Å². The van der Waals surface area contributed by atoms with Crippen LogP contribution in [0.3, 0.4) is 0 Å². The average molecular weight is 379 g/mol. The van der Waals surface area contributed by atoms with E-state index in [2.05, 4.69) is 67.4 Å². The molecule has 0 aliphatic carbocycles. The second kappa shape index (κ2) is 7.38. The van der Waals surface area contributed by atoms with Gasteiger partial charge in [0.25, 0.3) is 0 Å².